The number of carbonyl (C=O) groups excluding carboxylic acids is 1. The molecule has 0 fully saturated rings. The van der Waals surface area contributed by atoms with E-state index in [9.17, 15) is 4.79 Å². The van der Waals surface area contributed by atoms with Gasteiger partial charge in [0.25, 0.3) is 0 Å². The number of aryl methyl sites for hydroxylation is 1. The van der Waals surface area contributed by atoms with Gasteiger partial charge in [-0.15, -0.1) is 0 Å². The Morgan fingerprint density at radius 3 is 2.44 bits per heavy atom. The normalized spacial score (nSPS) is 10.4. The van der Waals surface area contributed by atoms with Crippen LogP contribution in [0.25, 0.3) is 0 Å². The molecule has 0 amide bonds. The Balaban J connectivity index is 2.11. The monoisotopic (exact) mass is 278 g/mol. The molecule has 0 N–H and O–H groups in total. The van der Waals surface area contributed by atoms with Crippen molar-refractivity contribution >= 4 is 21.7 Å². The van der Waals surface area contributed by atoms with Crippen LogP contribution in [-0.4, -0.2) is 5.78 Å². The van der Waals surface area contributed by atoms with Gasteiger partial charge in [-0.1, -0.05) is 28.1 Å². The number of carbonyl (C=O) groups is 1. The van der Waals surface area contributed by atoms with Crippen LogP contribution in [0.3, 0.4) is 0 Å². The van der Waals surface area contributed by atoms with Gasteiger partial charge in [0.05, 0.1) is 6.42 Å². The van der Waals surface area contributed by atoms with Gasteiger partial charge in [0, 0.05) is 10.0 Å². The van der Waals surface area contributed by atoms with E-state index in [1.54, 1.807) is 0 Å². The van der Waals surface area contributed by atoms with Gasteiger partial charge in [0.1, 0.15) is 11.5 Å². The Bertz CT molecular complexity index is 497. The van der Waals surface area contributed by atoms with E-state index >= 15 is 0 Å². The zero-order valence-electron chi connectivity index (χ0n) is 8.87. The highest BCUT2D eigenvalue weighted by atomic mass is 79.9. The number of benzene rings is 1. The number of ketones is 1. The van der Waals surface area contributed by atoms with Crippen molar-refractivity contribution in [3.05, 3.63) is 58.0 Å². The average Bonchev–Trinajstić information content (AvgIpc) is 2.65. The molecule has 0 spiro atoms. The van der Waals surface area contributed by atoms with Crippen molar-refractivity contribution in [1.82, 2.24) is 0 Å². The van der Waals surface area contributed by atoms with Gasteiger partial charge in [-0.3, -0.25) is 4.79 Å². The highest BCUT2D eigenvalue weighted by Crippen LogP contribution is 2.14. The first kappa shape index (κ1) is 11.1. The van der Waals surface area contributed by atoms with E-state index in [-0.39, 0.29) is 5.78 Å². The third-order valence-electron chi connectivity index (χ3n) is 2.30. The van der Waals surface area contributed by atoms with Crippen LogP contribution in [0.2, 0.25) is 0 Å². The Labute approximate surface area is 102 Å². The number of rotatable bonds is 3. The summed E-state index contributed by atoms with van der Waals surface area (Å²) in [5, 5.41) is 0. The number of Topliss-reactive ketones (excluding diaryl/α,β-unsaturated/α-hetero) is 1. The molecule has 2 nitrogen and oxygen atoms in total. The van der Waals surface area contributed by atoms with Gasteiger partial charge in [-0.2, -0.15) is 0 Å². The predicted molar refractivity (Wildman–Crippen MR) is 65.6 cm³/mol. The lowest BCUT2D eigenvalue weighted by molar-refractivity contribution is 0.0987. The number of hydrogen-bond donors (Lipinski definition) is 0. The minimum Gasteiger partial charge on any atom is -0.466 e. The van der Waals surface area contributed by atoms with Crippen molar-refractivity contribution in [2.45, 2.75) is 13.3 Å². The van der Waals surface area contributed by atoms with Crippen LogP contribution >= 0.6 is 15.9 Å². The van der Waals surface area contributed by atoms with Gasteiger partial charge >= 0.3 is 0 Å². The second-order valence-corrected chi connectivity index (χ2v) is 4.53. The molecule has 0 aliphatic heterocycles. The number of halogens is 1. The Morgan fingerprint density at radius 2 is 1.88 bits per heavy atom. The van der Waals surface area contributed by atoms with Gasteiger partial charge in [0.15, 0.2) is 5.78 Å². The van der Waals surface area contributed by atoms with Crippen LogP contribution < -0.4 is 0 Å². The van der Waals surface area contributed by atoms with Gasteiger partial charge in [-0.05, 0) is 31.2 Å². The van der Waals surface area contributed by atoms with Crippen LogP contribution in [0.15, 0.2) is 45.3 Å². The summed E-state index contributed by atoms with van der Waals surface area (Å²) < 4.78 is 6.34. The van der Waals surface area contributed by atoms with E-state index in [0.717, 1.165) is 10.2 Å². The fourth-order valence-electron chi connectivity index (χ4n) is 1.48. The average molecular weight is 279 g/mol. The van der Waals surface area contributed by atoms with Gasteiger partial charge in [-0.25, -0.2) is 0 Å². The molecule has 1 aromatic carbocycles. The van der Waals surface area contributed by atoms with E-state index in [2.05, 4.69) is 15.9 Å². The summed E-state index contributed by atoms with van der Waals surface area (Å²) >= 11 is 3.33. The van der Waals surface area contributed by atoms with E-state index < -0.39 is 0 Å². The van der Waals surface area contributed by atoms with Crippen LogP contribution in [0.1, 0.15) is 21.9 Å². The molecule has 0 saturated heterocycles. The molecule has 0 aliphatic rings. The Morgan fingerprint density at radius 1 is 1.19 bits per heavy atom. The van der Waals surface area contributed by atoms with Crippen molar-refractivity contribution < 1.29 is 9.21 Å². The summed E-state index contributed by atoms with van der Waals surface area (Å²) in [4.78, 5) is 11.9. The summed E-state index contributed by atoms with van der Waals surface area (Å²) in [5.41, 5.74) is 0.706. The summed E-state index contributed by atoms with van der Waals surface area (Å²) in [6.07, 6.45) is 0.315. The summed E-state index contributed by atoms with van der Waals surface area (Å²) in [6.45, 7) is 1.87. The van der Waals surface area contributed by atoms with E-state index in [1.165, 1.54) is 0 Å². The molecule has 0 atom stereocenters. The minimum absolute atomic E-state index is 0.0712. The van der Waals surface area contributed by atoms with Gasteiger partial charge in [0.2, 0.25) is 0 Å². The van der Waals surface area contributed by atoms with Crippen LogP contribution in [0, 0.1) is 6.92 Å². The first-order valence-corrected chi connectivity index (χ1v) is 5.78. The molecular weight excluding hydrogens is 268 g/mol. The van der Waals surface area contributed by atoms with Crippen LogP contribution in [0.5, 0.6) is 0 Å². The third kappa shape index (κ3) is 2.61. The topological polar surface area (TPSA) is 30.2 Å². The first-order valence-electron chi connectivity index (χ1n) is 4.99. The van der Waals surface area contributed by atoms with Gasteiger partial charge < -0.3 is 4.42 Å². The quantitative estimate of drug-likeness (QED) is 0.800. The molecule has 16 heavy (non-hydrogen) atoms. The fourth-order valence-corrected chi connectivity index (χ4v) is 1.74. The maximum Gasteiger partial charge on any atom is 0.170 e. The van der Waals surface area contributed by atoms with Crippen molar-refractivity contribution in [2.24, 2.45) is 0 Å². The third-order valence-corrected chi connectivity index (χ3v) is 2.83. The lowest BCUT2D eigenvalue weighted by atomic mass is 10.1. The van der Waals surface area contributed by atoms with Crippen molar-refractivity contribution in [3.8, 4) is 0 Å². The molecule has 0 unspecified atom stereocenters. The maximum atomic E-state index is 11.9. The fraction of sp³-hybridized carbons (Fsp3) is 0.154. The summed E-state index contributed by atoms with van der Waals surface area (Å²) in [7, 11) is 0. The Kier molecular flexibility index (Phi) is 3.25. The van der Waals surface area contributed by atoms with E-state index in [1.807, 2.05) is 43.3 Å². The highest BCUT2D eigenvalue weighted by Gasteiger charge is 2.09. The highest BCUT2D eigenvalue weighted by molar-refractivity contribution is 9.10. The maximum absolute atomic E-state index is 11.9. The lowest BCUT2D eigenvalue weighted by Gasteiger charge is -1.99. The smallest absolute Gasteiger partial charge is 0.170 e. The molecule has 0 aliphatic carbocycles. The van der Waals surface area contributed by atoms with Crippen LogP contribution in [0.4, 0.5) is 0 Å². The molecule has 0 saturated carbocycles. The zero-order chi connectivity index (χ0) is 11.5. The van der Waals surface area contributed by atoms with Crippen LogP contribution in [-0.2, 0) is 6.42 Å². The minimum atomic E-state index is 0.0712. The molecule has 0 bridgehead atoms. The van der Waals surface area contributed by atoms with E-state index in [0.29, 0.717) is 17.7 Å². The predicted octanol–water partition coefficient (Wildman–Crippen LogP) is 3.78. The summed E-state index contributed by atoms with van der Waals surface area (Å²) in [6, 6.07) is 11.0. The molecule has 1 heterocycles. The largest absolute Gasteiger partial charge is 0.466 e. The molecule has 1 aromatic heterocycles. The van der Waals surface area contributed by atoms with E-state index in [4.69, 9.17) is 4.42 Å². The molecule has 82 valence electrons. The second kappa shape index (κ2) is 4.66. The SMILES string of the molecule is Cc1ccc(CC(=O)c2ccc(Br)cc2)o1. The second-order valence-electron chi connectivity index (χ2n) is 3.62. The first-order chi connectivity index (χ1) is 7.65. The number of furan rings is 1. The van der Waals surface area contributed by atoms with Crippen molar-refractivity contribution in [2.75, 3.05) is 0 Å². The molecule has 2 rings (SSSR count). The molecular formula is C13H11BrO2. The molecule has 2 aromatic rings. The Hall–Kier alpha value is -1.35. The standard InChI is InChI=1S/C13H11BrO2/c1-9-2-7-12(16-9)8-13(15)10-3-5-11(14)6-4-10/h2-7H,8H2,1H3. The number of hydrogen-bond acceptors (Lipinski definition) is 2. The van der Waals surface area contributed by atoms with Crippen molar-refractivity contribution in [1.29, 1.82) is 0 Å². The molecule has 3 heteroatoms. The molecule has 0 radical (unpaired) electrons. The lowest BCUT2D eigenvalue weighted by Crippen LogP contribution is -2.02. The summed E-state index contributed by atoms with van der Waals surface area (Å²) in [5.74, 6) is 1.62. The van der Waals surface area contributed by atoms with Crippen molar-refractivity contribution in [3.63, 3.8) is 0 Å². The zero-order valence-corrected chi connectivity index (χ0v) is 10.5.